The first-order valence-corrected chi connectivity index (χ1v) is 11.8. The van der Waals surface area contributed by atoms with Gasteiger partial charge in [0.2, 0.25) is 11.8 Å². The van der Waals surface area contributed by atoms with Crippen LogP contribution < -0.4 is 4.90 Å². The van der Waals surface area contributed by atoms with Crippen LogP contribution in [0.3, 0.4) is 0 Å². The monoisotopic (exact) mass is 440 g/mol. The summed E-state index contributed by atoms with van der Waals surface area (Å²) in [4.78, 5) is 30.1. The minimum Gasteiger partial charge on any atom is -0.338 e. The van der Waals surface area contributed by atoms with Gasteiger partial charge >= 0.3 is 0 Å². The summed E-state index contributed by atoms with van der Waals surface area (Å²) in [5, 5.41) is 0. The van der Waals surface area contributed by atoms with Crippen molar-refractivity contribution in [1.29, 1.82) is 0 Å². The highest BCUT2D eigenvalue weighted by Crippen LogP contribution is 2.28. The molecule has 4 rings (SSSR count). The second-order valence-electron chi connectivity index (χ2n) is 9.13. The molecule has 0 radical (unpaired) electrons. The third kappa shape index (κ3) is 5.70. The van der Waals surface area contributed by atoms with Crippen molar-refractivity contribution in [2.24, 2.45) is 5.92 Å². The minimum absolute atomic E-state index is 0.0216. The maximum absolute atomic E-state index is 13.6. The summed E-state index contributed by atoms with van der Waals surface area (Å²) in [6.07, 6.45) is 1.06. The number of carbonyl (C=O) groups excluding carboxylic acids is 2. The van der Waals surface area contributed by atoms with Crippen LogP contribution in [0.15, 0.2) is 84.9 Å². The van der Waals surface area contributed by atoms with Crippen molar-refractivity contribution in [3.8, 4) is 0 Å². The zero-order valence-corrected chi connectivity index (χ0v) is 19.5. The molecule has 0 bridgehead atoms. The SMILES string of the molecule is CC(C)c1ccc(N2C[C@@H](C(=O)N(CCc3ccccc3)Cc3ccccc3)CC2=O)cc1. The quantitative estimate of drug-likeness (QED) is 0.468. The van der Waals surface area contributed by atoms with Crippen molar-refractivity contribution in [3.63, 3.8) is 0 Å². The van der Waals surface area contributed by atoms with Crippen molar-refractivity contribution in [2.75, 3.05) is 18.0 Å². The highest BCUT2D eigenvalue weighted by Gasteiger charge is 2.37. The van der Waals surface area contributed by atoms with Gasteiger partial charge in [-0.05, 0) is 41.2 Å². The lowest BCUT2D eigenvalue weighted by molar-refractivity contribution is -0.136. The molecule has 0 unspecified atom stereocenters. The summed E-state index contributed by atoms with van der Waals surface area (Å²) in [6, 6.07) is 28.4. The fraction of sp³-hybridized carbons (Fsp3) is 0.310. The summed E-state index contributed by atoms with van der Waals surface area (Å²) >= 11 is 0. The summed E-state index contributed by atoms with van der Waals surface area (Å²) in [7, 11) is 0. The Kier molecular flexibility index (Phi) is 7.23. The Morgan fingerprint density at radius 1 is 0.909 bits per heavy atom. The maximum atomic E-state index is 13.6. The number of hydrogen-bond donors (Lipinski definition) is 0. The van der Waals surface area contributed by atoms with Gasteiger partial charge in [0.05, 0.1) is 5.92 Å². The standard InChI is InChI=1S/C29H32N2O2/c1-22(2)25-13-15-27(16-14-25)31-21-26(19-28(31)32)29(33)30(20-24-11-7-4-8-12-24)18-17-23-9-5-3-6-10-23/h3-16,22,26H,17-21H2,1-2H3/t26-/m0/s1. The highest BCUT2D eigenvalue weighted by molar-refractivity contribution is 6.00. The lowest BCUT2D eigenvalue weighted by Crippen LogP contribution is -2.38. The zero-order chi connectivity index (χ0) is 23.2. The van der Waals surface area contributed by atoms with E-state index in [9.17, 15) is 9.59 Å². The van der Waals surface area contributed by atoms with E-state index in [2.05, 4.69) is 38.1 Å². The predicted octanol–water partition coefficient (Wildman–Crippen LogP) is 5.43. The molecule has 0 spiro atoms. The summed E-state index contributed by atoms with van der Waals surface area (Å²) in [5.74, 6) is 0.207. The Morgan fingerprint density at radius 2 is 1.52 bits per heavy atom. The average molecular weight is 441 g/mol. The number of amides is 2. The molecule has 0 aromatic heterocycles. The van der Waals surface area contributed by atoms with Gasteiger partial charge in [0.15, 0.2) is 0 Å². The Morgan fingerprint density at radius 3 is 2.12 bits per heavy atom. The topological polar surface area (TPSA) is 40.6 Å². The molecule has 170 valence electrons. The number of nitrogens with zero attached hydrogens (tertiary/aromatic N) is 2. The zero-order valence-electron chi connectivity index (χ0n) is 19.5. The van der Waals surface area contributed by atoms with Crippen LogP contribution >= 0.6 is 0 Å². The van der Waals surface area contributed by atoms with Crippen molar-refractivity contribution < 1.29 is 9.59 Å². The molecule has 4 heteroatoms. The van der Waals surface area contributed by atoms with Gasteiger partial charge < -0.3 is 9.80 Å². The fourth-order valence-corrected chi connectivity index (χ4v) is 4.40. The van der Waals surface area contributed by atoms with Crippen molar-refractivity contribution in [2.45, 2.75) is 39.2 Å². The van der Waals surface area contributed by atoms with E-state index >= 15 is 0 Å². The fourth-order valence-electron chi connectivity index (χ4n) is 4.40. The van der Waals surface area contributed by atoms with Crippen LogP contribution in [0.4, 0.5) is 5.69 Å². The Hall–Kier alpha value is -3.40. The van der Waals surface area contributed by atoms with E-state index in [0.29, 0.717) is 25.6 Å². The molecule has 1 fully saturated rings. The van der Waals surface area contributed by atoms with E-state index in [1.165, 1.54) is 11.1 Å². The van der Waals surface area contributed by atoms with Crippen molar-refractivity contribution in [1.82, 2.24) is 4.90 Å². The molecule has 0 aliphatic carbocycles. The van der Waals surface area contributed by atoms with Crippen molar-refractivity contribution in [3.05, 3.63) is 102 Å². The lowest BCUT2D eigenvalue weighted by Gasteiger charge is -2.26. The first-order chi connectivity index (χ1) is 16.0. The van der Waals surface area contributed by atoms with E-state index in [1.807, 2.05) is 65.6 Å². The van der Waals surface area contributed by atoms with Gasteiger partial charge in [-0.15, -0.1) is 0 Å². The average Bonchev–Trinajstić information content (AvgIpc) is 3.24. The molecule has 4 nitrogen and oxygen atoms in total. The van der Waals surface area contributed by atoms with Gasteiger partial charge in [-0.25, -0.2) is 0 Å². The molecule has 1 aliphatic rings. The lowest BCUT2D eigenvalue weighted by atomic mass is 10.0. The van der Waals surface area contributed by atoms with E-state index < -0.39 is 0 Å². The van der Waals surface area contributed by atoms with E-state index in [1.54, 1.807) is 4.90 Å². The van der Waals surface area contributed by atoms with Crippen LogP contribution in [0.5, 0.6) is 0 Å². The van der Waals surface area contributed by atoms with Crippen LogP contribution in [-0.4, -0.2) is 29.8 Å². The van der Waals surface area contributed by atoms with Crippen LogP contribution in [-0.2, 0) is 22.6 Å². The van der Waals surface area contributed by atoms with Gasteiger partial charge in [0.1, 0.15) is 0 Å². The first-order valence-electron chi connectivity index (χ1n) is 11.8. The Labute approximate surface area is 196 Å². The van der Waals surface area contributed by atoms with Crippen molar-refractivity contribution >= 4 is 17.5 Å². The van der Waals surface area contributed by atoms with E-state index in [-0.39, 0.29) is 24.2 Å². The molecule has 1 heterocycles. The molecule has 3 aromatic rings. The third-order valence-electron chi connectivity index (χ3n) is 6.39. The molecule has 1 atom stereocenters. The first kappa shape index (κ1) is 22.8. The molecule has 3 aromatic carbocycles. The summed E-state index contributed by atoms with van der Waals surface area (Å²) < 4.78 is 0. The molecule has 0 N–H and O–H groups in total. The van der Waals surface area contributed by atoms with Crippen LogP contribution in [0.2, 0.25) is 0 Å². The largest absolute Gasteiger partial charge is 0.338 e. The molecular weight excluding hydrogens is 408 g/mol. The molecule has 1 saturated heterocycles. The van der Waals surface area contributed by atoms with Gasteiger partial charge in [0.25, 0.3) is 0 Å². The predicted molar refractivity (Wildman–Crippen MR) is 133 cm³/mol. The normalized spacial score (nSPS) is 15.8. The number of carbonyl (C=O) groups is 2. The number of rotatable bonds is 8. The third-order valence-corrected chi connectivity index (χ3v) is 6.39. The molecule has 1 aliphatic heterocycles. The highest BCUT2D eigenvalue weighted by atomic mass is 16.2. The number of hydrogen-bond acceptors (Lipinski definition) is 2. The minimum atomic E-state index is -0.318. The molecule has 0 saturated carbocycles. The molecular formula is C29H32N2O2. The van der Waals surface area contributed by atoms with Crippen LogP contribution in [0.25, 0.3) is 0 Å². The van der Waals surface area contributed by atoms with Gasteiger partial charge in [-0.1, -0.05) is 86.6 Å². The number of anilines is 1. The van der Waals surface area contributed by atoms with E-state index in [0.717, 1.165) is 17.7 Å². The van der Waals surface area contributed by atoms with Crippen LogP contribution in [0.1, 0.15) is 42.9 Å². The molecule has 33 heavy (non-hydrogen) atoms. The second-order valence-corrected chi connectivity index (χ2v) is 9.13. The summed E-state index contributed by atoms with van der Waals surface area (Å²) in [6.45, 7) is 5.93. The smallest absolute Gasteiger partial charge is 0.228 e. The van der Waals surface area contributed by atoms with Crippen LogP contribution in [0, 0.1) is 5.92 Å². The Balaban J connectivity index is 1.48. The second kappa shape index (κ2) is 10.5. The van der Waals surface area contributed by atoms with Gasteiger partial charge in [0, 0.05) is 31.7 Å². The Bertz CT molecular complexity index is 1060. The van der Waals surface area contributed by atoms with E-state index in [4.69, 9.17) is 0 Å². The maximum Gasteiger partial charge on any atom is 0.228 e. The van der Waals surface area contributed by atoms with Gasteiger partial charge in [-0.3, -0.25) is 9.59 Å². The number of benzene rings is 3. The van der Waals surface area contributed by atoms with Gasteiger partial charge in [-0.2, -0.15) is 0 Å². The summed E-state index contributed by atoms with van der Waals surface area (Å²) in [5.41, 5.74) is 4.42. The molecule has 2 amide bonds.